The monoisotopic (exact) mass is 380 g/mol. The lowest BCUT2D eigenvalue weighted by Crippen LogP contribution is -2.46. The number of anilines is 1. The quantitative estimate of drug-likeness (QED) is 0.723. The molecule has 25 heavy (non-hydrogen) atoms. The normalized spacial score (nSPS) is 12.8. The number of nitrogens with one attached hydrogen (secondary N) is 2. The molecule has 0 saturated heterocycles. The molecule has 0 aliphatic rings. The van der Waals surface area contributed by atoms with E-state index in [0.717, 1.165) is 11.3 Å². The minimum atomic E-state index is -3.75. The number of ketones is 1. The fraction of sp³-hybridized carbons (Fsp3) is 0.294. The summed E-state index contributed by atoms with van der Waals surface area (Å²) in [6.45, 7) is 4.99. The predicted octanol–water partition coefficient (Wildman–Crippen LogP) is 2.89. The number of thiophene rings is 1. The van der Waals surface area contributed by atoms with Gasteiger partial charge in [0.25, 0.3) is 10.0 Å². The first-order valence-corrected chi connectivity index (χ1v) is 10.0. The smallest absolute Gasteiger partial charge is 0.250 e. The molecule has 0 aliphatic carbocycles. The van der Waals surface area contributed by atoms with Crippen LogP contribution >= 0.6 is 11.3 Å². The average Bonchev–Trinajstić information content (AvgIpc) is 3.08. The van der Waals surface area contributed by atoms with E-state index in [0.29, 0.717) is 11.3 Å². The Hall–Kier alpha value is -2.03. The van der Waals surface area contributed by atoms with E-state index in [2.05, 4.69) is 10.0 Å². The number of carbonyl (C=O) groups is 2. The van der Waals surface area contributed by atoms with Crippen LogP contribution in [0.25, 0.3) is 0 Å². The molecule has 0 bridgehead atoms. The molecule has 1 heterocycles. The van der Waals surface area contributed by atoms with Crippen LogP contribution in [0.3, 0.4) is 0 Å². The van der Waals surface area contributed by atoms with E-state index >= 15 is 0 Å². The Morgan fingerprint density at radius 2 is 1.72 bits per heavy atom. The fourth-order valence-corrected chi connectivity index (χ4v) is 4.50. The highest BCUT2D eigenvalue weighted by molar-refractivity contribution is 7.91. The van der Waals surface area contributed by atoms with Gasteiger partial charge in [-0.2, -0.15) is 4.72 Å². The van der Waals surface area contributed by atoms with Gasteiger partial charge in [-0.3, -0.25) is 9.59 Å². The largest absolute Gasteiger partial charge is 0.325 e. The predicted molar refractivity (Wildman–Crippen MR) is 98.3 cm³/mol. The lowest BCUT2D eigenvalue weighted by molar-refractivity contribution is -0.118. The number of benzene rings is 1. The highest BCUT2D eigenvalue weighted by atomic mass is 32.2. The Bertz CT molecular complexity index is 841. The number of sulfonamides is 1. The van der Waals surface area contributed by atoms with Gasteiger partial charge in [-0.15, -0.1) is 11.3 Å². The number of Topliss-reactive ketones (excluding diaryl/α,β-unsaturated/α-hetero) is 1. The van der Waals surface area contributed by atoms with Crippen LogP contribution in [0.2, 0.25) is 0 Å². The van der Waals surface area contributed by atoms with Gasteiger partial charge in [0.1, 0.15) is 10.3 Å². The highest BCUT2D eigenvalue weighted by Crippen LogP contribution is 2.18. The number of rotatable bonds is 7. The minimum Gasteiger partial charge on any atom is -0.325 e. The van der Waals surface area contributed by atoms with E-state index in [-0.39, 0.29) is 15.9 Å². The number of hydrogen-bond donors (Lipinski definition) is 2. The van der Waals surface area contributed by atoms with Gasteiger partial charge in [0.05, 0.1) is 0 Å². The van der Waals surface area contributed by atoms with E-state index < -0.39 is 22.0 Å². The first-order chi connectivity index (χ1) is 11.7. The molecule has 2 aromatic rings. The topological polar surface area (TPSA) is 92.3 Å². The molecule has 0 saturated carbocycles. The molecule has 1 atom stereocenters. The number of carbonyl (C=O) groups excluding carboxylic acids is 2. The van der Waals surface area contributed by atoms with Crippen molar-refractivity contribution in [2.45, 2.75) is 31.0 Å². The van der Waals surface area contributed by atoms with Crippen molar-refractivity contribution in [1.29, 1.82) is 0 Å². The van der Waals surface area contributed by atoms with Crippen LogP contribution in [-0.4, -0.2) is 26.2 Å². The van der Waals surface area contributed by atoms with Crippen LogP contribution in [0.1, 0.15) is 31.1 Å². The number of hydrogen-bond acceptors (Lipinski definition) is 5. The summed E-state index contributed by atoms with van der Waals surface area (Å²) in [6, 6.07) is 8.65. The second-order valence-electron chi connectivity index (χ2n) is 5.90. The zero-order valence-electron chi connectivity index (χ0n) is 14.1. The Morgan fingerprint density at radius 3 is 2.20 bits per heavy atom. The van der Waals surface area contributed by atoms with Crippen LogP contribution in [-0.2, 0) is 14.8 Å². The molecule has 0 fully saturated rings. The first kappa shape index (κ1) is 19.3. The van der Waals surface area contributed by atoms with Crippen molar-refractivity contribution in [2.24, 2.45) is 5.92 Å². The second kappa shape index (κ2) is 7.90. The SMILES string of the molecule is CC(=O)c1ccc(NC(=O)[C@@H](NS(=O)(=O)c2cccs2)C(C)C)cc1. The molecular formula is C17H20N2O4S2. The maximum atomic E-state index is 12.5. The molecule has 1 amide bonds. The minimum absolute atomic E-state index is 0.0679. The summed E-state index contributed by atoms with van der Waals surface area (Å²) in [7, 11) is -3.75. The van der Waals surface area contributed by atoms with Crippen molar-refractivity contribution in [2.75, 3.05) is 5.32 Å². The van der Waals surface area contributed by atoms with Gasteiger partial charge in [0.2, 0.25) is 5.91 Å². The lowest BCUT2D eigenvalue weighted by atomic mass is 10.0. The van der Waals surface area contributed by atoms with Crippen LogP contribution in [0.5, 0.6) is 0 Å². The van der Waals surface area contributed by atoms with Crippen LogP contribution in [0, 0.1) is 5.92 Å². The number of amides is 1. The van der Waals surface area contributed by atoms with E-state index in [1.165, 1.54) is 13.0 Å². The van der Waals surface area contributed by atoms with Crippen molar-refractivity contribution in [3.8, 4) is 0 Å². The van der Waals surface area contributed by atoms with Crippen molar-refractivity contribution in [1.82, 2.24) is 4.72 Å². The summed E-state index contributed by atoms with van der Waals surface area (Å²) in [5.41, 5.74) is 1.03. The molecule has 0 radical (unpaired) electrons. The summed E-state index contributed by atoms with van der Waals surface area (Å²) in [6.07, 6.45) is 0. The highest BCUT2D eigenvalue weighted by Gasteiger charge is 2.28. The lowest BCUT2D eigenvalue weighted by Gasteiger charge is -2.21. The van der Waals surface area contributed by atoms with Gasteiger partial charge in [0.15, 0.2) is 5.78 Å². The summed E-state index contributed by atoms with van der Waals surface area (Å²) in [5, 5.41) is 4.35. The molecule has 2 N–H and O–H groups in total. The van der Waals surface area contributed by atoms with Gasteiger partial charge >= 0.3 is 0 Å². The zero-order valence-corrected chi connectivity index (χ0v) is 15.8. The Kier molecular flexibility index (Phi) is 6.10. The summed E-state index contributed by atoms with van der Waals surface area (Å²) in [4.78, 5) is 23.8. The third kappa shape index (κ3) is 4.97. The molecule has 8 heteroatoms. The van der Waals surface area contributed by atoms with Crippen LogP contribution in [0.15, 0.2) is 46.0 Å². The molecule has 0 spiro atoms. The molecule has 134 valence electrons. The third-order valence-electron chi connectivity index (χ3n) is 3.55. The molecule has 2 rings (SSSR count). The summed E-state index contributed by atoms with van der Waals surface area (Å²) >= 11 is 1.09. The Labute approximate surface area is 151 Å². The van der Waals surface area contributed by atoms with E-state index in [9.17, 15) is 18.0 Å². The Balaban J connectivity index is 2.14. The van der Waals surface area contributed by atoms with Gasteiger partial charge in [-0.25, -0.2) is 8.42 Å². The van der Waals surface area contributed by atoms with Crippen LogP contribution in [0.4, 0.5) is 5.69 Å². The van der Waals surface area contributed by atoms with E-state index in [1.54, 1.807) is 49.6 Å². The molecule has 0 unspecified atom stereocenters. The van der Waals surface area contributed by atoms with Gasteiger partial charge in [-0.05, 0) is 48.6 Å². The molecular weight excluding hydrogens is 360 g/mol. The van der Waals surface area contributed by atoms with E-state index in [1.807, 2.05) is 0 Å². The zero-order chi connectivity index (χ0) is 18.6. The standard InChI is InChI=1S/C17H20N2O4S2/c1-11(2)16(19-25(22,23)15-5-4-10-24-15)17(21)18-14-8-6-13(7-9-14)12(3)20/h4-11,16,19H,1-3H3,(H,18,21)/t16-/m0/s1. The van der Waals surface area contributed by atoms with Crippen molar-refractivity contribution >= 4 is 38.7 Å². The molecule has 0 aliphatic heterocycles. The third-order valence-corrected chi connectivity index (χ3v) is 6.39. The van der Waals surface area contributed by atoms with Crippen molar-refractivity contribution in [3.63, 3.8) is 0 Å². The first-order valence-electron chi connectivity index (χ1n) is 7.68. The Morgan fingerprint density at radius 1 is 1.08 bits per heavy atom. The van der Waals surface area contributed by atoms with Crippen LogP contribution < -0.4 is 10.0 Å². The van der Waals surface area contributed by atoms with Crippen molar-refractivity contribution in [3.05, 3.63) is 47.3 Å². The van der Waals surface area contributed by atoms with Crippen molar-refractivity contribution < 1.29 is 18.0 Å². The summed E-state index contributed by atoms with van der Waals surface area (Å²) < 4.78 is 27.4. The molecule has 1 aromatic heterocycles. The van der Waals surface area contributed by atoms with E-state index in [4.69, 9.17) is 0 Å². The van der Waals surface area contributed by atoms with Gasteiger partial charge in [0, 0.05) is 11.3 Å². The molecule has 6 nitrogen and oxygen atoms in total. The maximum Gasteiger partial charge on any atom is 0.250 e. The maximum absolute atomic E-state index is 12.5. The second-order valence-corrected chi connectivity index (χ2v) is 8.79. The van der Waals surface area contributed by atoms with Gasteiger partial charge in [-0.1, -0.05) is 19.9 Å². The van der Waals surface area contributed by atoms with Gasteiger partial charge < -0.3 is 5.32 Å². The summed E-state index contributed by atoms with van der Waals surface area (Å²) in [5.74, 6) is -0.765. The molecule has 1 aromatic carbocycles. The fourth-order valence-electron chi connectivity index (χ4n) is 2.14. The average molecular weight is 380 g/mol.